The van der Waals surface area contributed by atoms with Crippen LogP contribution in [0.1, 0.15) is 0 Å². The summed E-state index contributed by atoms with van der Waals surface area (Å²) in [6, 6.07) is 11.6. The maximum absolute atomic E-state index is 11.5. The summed E-state index contributed by atoms with van der Waals surface area (Å²) < 4.78 is 21.6. The van der Waals surface area contributed by atoms with Gasteiger partial charge in [0.25, 0.3) is 0 Å². The molecule has 0 saturated heterocycles. The highest BCUT2D eigenvalue weighted by Gasteiger charge is 2.23. The predicted molar refractivity (Wildman–Crippen MR) is 65.1 cm³/mol. The van der Waals surface area contributed by atoms with Crippen LogP contribution in [0.3, 0.4) is 0 Å². The number of phenols is 2. The molecule has 0 atom stereocenters. The molecule has 92 valence electrons. The van der Waals surface area contributed by atoms with Gasteiger partial charge in [0.1, 0.15) is 11.5 Å². The van der Waals surface area contributed by atoms with E-state index in [-0.39, 0.29) is 11.5 Å². The van der Waals surface area contributed by atoms with E-state index < -0.39 is 8.25 Å². The first-order valence-corrected chi connectivity index (χ1v) is 6.14. The Morgan fingerprint density at radius 1 is 0.722 bits per heavy atom. The fourth-order valence-corrected chi connectivity index (χ4v) is 1.83. The Morgan fingerprint density at radius 3 is 1.39 bits per heavy atom. The summed E-state index contributed by atoms with van der Waals surface area (Å²) in [5.41, 5.74) is 0. The van der Waals surface area contributed by atoms with Gasteiger partial charge in [0.05, 0.1) is 0 Å². The molecule has 0 heterocycles. The SMILES string of the molecule is O=[P+](Oc1ccc(O)cc1)Oc1ccc(O)cc1. The summed E-state index contributed by atoms with van der Waals surface area (Å²) >= 11 is 0. The molecular weight excluding hydrogens is 255 g/mol. The van der Waals surface area contributed by atoms with E-state index in [2.05, 4.69) is 0 Å². The zero-order valence-corrected chi connectivity index (χ0v) is 10.1. The molecule has 0 aliphatic heterocycles. The smallest absolute Gasteiger partial charge is 0.508 e. The third kappa shape index (κ3) is 3.37. The number of hydrogen-bond acceptors (Lipinski definition) is 5. The number of hydrogen-bond donors (Lipinski definition) is 2. The fraction of sp³-hybridized carbons (Fsp3) is 0. The van der Waals surface area contributed by atoms with E-state index in [0.717, 1.165) is 0 Å². The Morgan fingerprint density at radius 2 is 1.06 bits per heavy atom. The van der Waals surface area contributed by atoms with Crippen molar-refractivity contribution in [2.45, 2.75) is 0 Å². The molecule has 0 saturated carbocycles. The Balaban J connectivity index is 1.96. The fourth-order valence-electron chi connectivity index (χ4n) is 1.20. The van der Waals surface area contributed by atoms with Gasteiger partial charge in [-0.05, 0) is 48.5 Å². The molecule has 2 aromatic rings. The van der Waals surface area contributed by atoms with Gasteiger partial charge in [-0.15, -0.1) is 0 Å². The van der Waals surface area contributed by atoms with Gasteiger partial charge < -0.3 is 10.2 Å². The minimum absolute atomic E-state index is 0.0945. The molecule has 0 bridgehead atoms. The zero-order chi connectivity index (χ0) is 13.0. The van der Waals surface area contributed by atoms with Crippen LogP contribution in [0.15, 0.2) is 48.5 Å². The van der Waals surface area contributed by atoms with Crippen molar-refractivity contribution < 1.29 is 23.8 Å². The van der Waals surface area contributed by atoms with Crippen LogP contribution in [0.25, 0.3) is 0 Å². The van der Waals surface area contributed by atoms with Gasteiger partial charge in [0.2, 0.25) is 0 Å². The summed E-state index contributed by atoms with van der Waals surface area (Å²) in [5, 5.41) is 18.1. The normalized spacial score (nSPS) is 9.78. The lowest BCUT2D eigenvalue weighted by Crippen LogP contribution is -1.88. The van der Waals surface area contributed by atoms with Gasteiger partial charge in [-0.25, -0.2) is 9.05 Å². The van der Waals surface area contributed by atoms with Gasteiger partial charge in [-0.1, -0.05) is 0 Å². The molecule has 0 spiro atoms. The molecule has 2 rings (SSSR count). The average Bonchev–Trinajstić information content (AvgIpc) is 2.35. The molecule has 0 amide bonds. The van der Waals surface area contributed by atoms with Crippen molar-refractivity contribution in [3.63, 3.8) is 0 Å². The lowest BCUT2D eigenvalue weighted by Gasteiger charge is -1.95. The second-order valence-corrected chi connectivity index (χ2v) is 4.21. The van der Waals surface area contributed by atoms with E-state index in [1.54, 1.807) is 0 Å². The molecule has 0 aromatic heterocycles. The van der Waals surface area contributed by atoms with Crippen LogP contribution < -0.4 is 9.05 Å². The Kier molecular flexibility index (Phi) is 3.65. The van der Waals surface area contributed by atoms with Gasteiger partial charge in [0, 0.05) is 4.57 Å². The first-order valence-electron chi connectivity index (χ1n) is 5.05. The first-order chi connectivity index (χ1) is 8.63. The molecular formula is C12H10O5P+. The standard InChI is InChI=1S/C12H9O5P/c13-9-1-5-11(6-2-9)16-18(15)17-12-7-3-10(14)4-8-12/h1-8H,(H-,13,14)/p+1. The third-order valence-electron chi connectivity index (χ3n) is 2.03. The molecule has 6 heteroatoms. The van der Waals surface area contributed by atoms with E-state index in [4.69, 9.17) is 19.3 Å². The zero-order valence-electron chi connectivity index (χ0n) is 9.19. The lowest BCUT2D eigenvalue weighted by molar-refractivity contribution is 0.413. The van der Waals surface area contributed by atoms with Crippen molar-refractivity contribution in [2.75, 3.05) is 0 Å². The average molecular weight is 265 g/mol. The first kappa shape index (κ1) is 12.2. The van der Waals surface area contributed by atoms with Gasteiger partial charge in [0.15, 0.2) is 11.5 Å². The Labute approximate surface area is 104 Å². The van der Waals surface area contributed by atoms with Crippen LogP contribution >= 0.6 is 8.25 Å². The molecule has 0 radical (unpaired) electrons. The van der Waals surface area contributed by atoms with Crippen molar-refractivity contribution in [1.29, 1.82) is 0 Å². The summed E-state index contributed by atoms with van der Waals surface area (Å²) in [5.74, 6) is 0.842. The van der Waals surface area contributed by atoms with E-state index >= 15 is 0 Å². The molecule has 0 fully saturated rings. The van der Waals surface area contributed by atoms with Crippen molar-refractivity contribution in [3.8, 4) is 23.0 Å². The highest BCUT2D eigenvalue weighted by atomic mass is 31.1. The highest BCUT2D eigenvalue weighted by molar-refractivity contribution is 7.34. The topological polar surface area (TPSA) is 76.0 Å². The number of aromatic hydroxyl groups is 2. The van der Waals surface area contributed by atoms with E-state index in [9.17, 15) is 4.57 Å². The van der Waals surface area contributed by atoms with Crippen LogP contribution in [-0.2, 0) is 4.57 Å². The van der Waals surface area contributed by atoms with Crippen LogP contribution in [0.2, 0.25) is 0 Å². The van der Waals surface area contributed by atoms with E-state index in [1.165, 1.54) is 48.5 Å². The van der Waals surface area contributed by atoms with Gasteiger partial charge in [-0.3, -0.25) is 0 Å². The highest BCUT2D eigenvalue weighted by Crippen LogP contribution is 2.31. The van der Waals surface area contributed by atoms with E-state index in [0.29, 0.717) is 11.5 Å². The quantitative estimate of drug-likeness (QED) is 0.830. The Hall–Kier alpha value is -2.26. The summed E-state index contributed by atoms with van der Waals surface area (Å²) in [6.07, 6.45) is 0. The minimum Gasteiger partial charge on any atom is -0.508 e. The number of benzene rings is 2. The number of rotatable bonds is 4. The van der Waals surface area contributed by atoms with Crippen LogP contribution in [-0.4, -0.2) is 10.2 Å². The second-order valence-electron chi connectivity index (χ2n) is 3.39. The van der Waals surface area contributed by atoms with Crippen molar-refractivity contribution >= 4 is 8.25 Å². The molecule has 5 nitrogen and oxygen atoms in total. The molecule has 2 aromatic carbocycles. The molecule has 0 aliphatic carbocycles. The van der Waals surface area contributed by atoms with Crippen LogP contribution in [0.4, 0.5) is 0 Å². The lowest BCUT2D eigenvalue weighted by atomic mass is 10.3. The summed E-state index contributed by atoms with van der Waals surface area (Å²) in [4.78, 5) is 0. The van der Waals surface area contributed by atoms with Crippen LogP contribution in [0, 0.1) is 0 Å². The Bertz CT molecular complexity index is 486. The second kappa shape index (κ2) is 5.38. The van der Waals surface area contributed by atoms with Crippen LogP contribution in [0.5, 0.6) is 23.0 Å². The predicted octanol–water partition coefficient (Wildman–Crippen LogP) is 3.21. The molecule has 0 aliphatic rings. The number of phenolic OH excluding ortho intramolecular Hbond substituents is 2. The maximum Gasteiger partial charge on any atom is 0.805 e. The molecule has 2 N–H and O–H groups in total. The van der Waals surface area contributed by atoms with Gasteiger partial charge >= 0.3 is 8.25 Å². The van der Waals surface area contributed by atoms with Crippen molar-refractivity contribution in [3.05, 3.63) is 48.5 Å². The van der Waals surface area contributed by atoms with Crippen molar-refractivity contribution in [1.82, 2.24) is 0 Å². The monoisotopic (exact) mass is 265 g/mol. The largest absolute Gasteiger partial charge is 0.805 e. The van der Waals surface area contributed by atoms with Crippen molar-refractivity contribution in [2.24, 2.45) is 0 Å². The maximum atomic E-state index is 11.5. The molecule has 18 heavy (non-hydrogen) atoms. The third-order valence-corrected chi connectivity index (χ3v) is 2.75. The minimum atomic E-state index is -2.37. The van der Waals surface area contributed by atoms with Gasteiger partial charge in [-0.2, -0.15) is 0 Å². The summed E-state index contributed by atoms with van der Waals surface area (Å²) in [6.45, 7) is 0. The van der Waals surface area contributed by atoms with E-state index in [1.807, 2.05) is 0 Å². The molecule has 0 unspecified atom stereocenters. The summed E-state index contributed by atoms with van der Waals surface area (Å²) in [7, 11) is -2.37.